The summed E-state index contributed by atoms with van der Waals surface area (Å²) in [5.74, 6) is 1.47. The van der Waals surface area contributed by atoms with Gasteiger partial charge >= 0.3 is 0 Å². The number of ether oxygens (including phenoxy) is 2. The average Bonchev–Trinajstić information content (AvgIpc) is 3.21. The first-order valence-corrected chi connectivity index (χ1v) is 8.88. The zero-order valence-electron chi connectivity index (χ0n) is 13.7. The van der Waals surface area contributed by atoms with Gasteiger partial charge in [0, 0.05) is 17.5 Å². The van der Waals surface area contributed by atoms with Crippen LogP contribution >= 0.6 is 11.6 Å². The molecule has 1 aromatic heterocycles. The number of pyridine rings is 1. The molecule has 0 radical (unpaired) electrons. The molecule has 0 spiro atoms. The summed E-state index contributed by atoms with van der Waals surface area (Å²) in [5.41, 5.74) is 0.664. The molecule has 1 amide bonds. The third kappa shape index (κ3) is 3.94. The molecule has 5 nitrogen and oxygen atoms in total. The van der Waals surface area contributed by atoms with Crippen LogP contribution in [0.5, 0.6) is 11.6 Å². The summed E-state index contributed by atoms with van der Waals surface area (Å²) in [6, 6.07) is 10.6. The number of carbonyl (C=O) groups is 1. The summed E-state index contributed by atoms with van der Waals surface area (Å²) in [4.78, 5) is 16.4. The fraction of sp³-hybridized carbons (Fsp3) is 0.368. The second kappa shape index (κ2) is 7.02. The normalized spacial score (nSPS) is 24.3. The molecule has 2 fully saturated rings. The topological polar surface area (TPSA) is 60.5 Å². The highest BCUT2D eigenvalue weighted by atomic mass is 35.5. The van der Waals surface area contributed by atoms with Crippen molar-refractivity contribution in [2.45, 2.75) is 37.9 Å². The summed E-state index contributed by atoms with van der Waals surface area (Å²) in [5, 5.41) is 3.55. The Balaban J connectivity index is 1.31. The minimum Gasteiger partial charge on any atom is -0.439 e. The number of nitrogens with zero attached hydrogens (tertiary/aromatic N) is 1. The van der Waals surface area contributed by atoms with Crippen LogP contribution in [0.15, 0.2) is 42.6 Å². The number of anilines is 1. The van der Waals surface area contributed by atoms with Crippen LogP contribution in [0.3, 0.4) is 0 Å². The number of nitrogens with one attached hydrogen (secondary N) is 1. The molecule has 3 atom stereocenters. The van der Waals surface area contributed by atoms with Gasteiger partial charge in [-0.05, 0) is 55.5 Å². The van der Waals surface area contributed by atoms with Crippen molar-refractivity contribution >= 4 is 23.2 Å². The number of amides is 1. The predicted molar refractivity (Wildman–Crippen MR) is 95.0 cm³/mol. The lowest BCUT2D eigenvalue weighted by atomic mass is 9.87. The van der Waals surface area contributed by atoms with E-state index < -0.39 is 0 Å². The fourth-order valence-electron chi connectivity index (χ4n) is 3.55. The summed E-state index contributed by atoms with van der Waals surface area (Å²) in [6.45, 7) is 0. The van der Waals surface area contributed by atoms with Crippen molar-refractivity contribution in [2.24, 2.45) is 5.92 Å². The molecule has 1 N–H and O–H groups in total. The molecule has 2 aliphatic heterocycles. The minimum atomic E-state index is 0.00863. The monoisotopic (exact) mass is 358 g/mol. The summed E-state index contributed by atoms with van der Waals surface area (Å²) in [7, 11) is 0. The van der Waals surface area contributed by atoms with Gasteiger partial charge in [-0.15, -0.1) is 0 Å². The molecule has 3 unspecified atom stereocenters. The van der Waals surface area contributed by atoms with Crippen molar-refractivity contribution in [3.63, 3.8) is 0 Å². The quantitative estimate of drug-likeness (QED) is 0.859. The number of aromatic nitrogens is 1. The van der Waals surface area contributed by atoms with Crippen LogP contribution < -0.4 is 10.1 Å². The lowest BCUT2D eigenvalue weighted by Crippen LogP contribution is -2.23. The Hall–Kier alpha value is -2.11. The third-order valence-corrected chi connectivity index (χ3v) is 4.99. The van der Waals surface area contributed by atoms with Crippen LogP contribution in [0, 0.1) is 5.92 Å². The zero-order valence-corrected chi connectivity index (χ0v) is 14.4. The van der Waals surface area contributed by atoms with Gasteiger partial charge in [-0.3, -0.25) is 4.79 Å². The largest absolute Gasteiger partial charge is 0.439 e. The Morgan fingerprint density at radius 3 is 2.72 bits per heavy atom. The van der Waals surface area contributed by atoms with Crippen molar-refractivity contribution in [1.29, 1.82) is 0 Å². The number of hydrogen-bond donors (Lipinski definition) is 1. The molecule has 25 heavy (non-hydrogen) atoms. The van der Waals surface area contributed by atoms with E-state index in [9.17, 15) is 4.79 Å². The van der Waals surface area contributed by atoms with Gasteiger partial charge in [0.2, 0.25) is 11.8 Å². The van der Waals surface area contributed by atoms with E-state index in [2.05, 4.69) is 10.3 Å². The number of rotatable bonds is 5. The van der Waals surface area contributed by atoms with E-state index in [0.29, 0.717) is 40.8 Å². The van der Waals surface area contributed by atoms with Crippen LogP contribution in [-0.4, -0.2) is 23.1 Å². The van der Waals surface area contributed by atoms with E-state index in [1.165, 1.54) is 0 Å². The van der Waals surface area contributed by atoms with Crippen molar-refractivity contribution in [2.75, 3.05) is 5.32 Å². The molecule has 6 heteroatoms. The van der Waals surface area contributed by atoms with E-state index in [0.717, 1.165) is 19.3 Å². The van der Waals surface area contributed by atoms with Gasteiger partial charge in [0.15, 0.2) is 0 Å². The maximum Gasteiger partial charge on any atom is 0.224 e. The SMILES string of the molecule is O=C(CC1CC2CCC1O2)Nc1ccc(Oc2ccc(Cl)cc2)nc1. The lowest BCUT2D eigenvalue weighted by Gasteiger charge is -2.17. The Morgan fingerprint density at radius 1 is 1.24 bits per heavy atom. The maximum absolute atomic E-state index is 12.2. The van der Waals surface area contributed by atoms with Gasteiger partial charge in [-0.25, -0.2) is 4.98 Å². The van der Waals surface area contributed by atoms with Crippen LogP contribution in [0.1, 0.15) is 25.7 Å². The molecule has 0 aliphatic carbocycles. The molecule has 4 rings (SSSR count). The number of fused-ring (bicyclic) bond motifs is 2. The number of halogens is 1. The number of hydrogen-bond acceptors (Lipinski definition) is 4. The highest BCUT2D eigenvalue weighted by molar-refractivity contribution is 6.30. The molecule has 2 aromatic rings. The van der Waals surface area contributed by atoms with Gasteiger partial charge in [-0.1, -0.05) is 11.6 Å². The van der Waals surface area contributed by atoms with Crippen molar-refractivity contribution in [3.05, 3.63) is 47.6 Å². The molecule has 0 saturated carbocycles. The Kier molecular flexibility index (Phi) is 4.59. The zero-order chi connectivity index (χ0) is 17.2. The fourth-order valence-corrected chi connectivity index (χ4v) is 3.67. The van der Waals surface area contributed by atoms with Gasteiger partial charge in [0.05, 0.1) is 24.1 Å². The molecule has 1 aromatic carbocycles. The standard InChI is InChI=1S/C19H19ClN2O3/c20-13-1-4-15(5-2-13)25-19-8-3-14(11-21-19)22-18(23)10-12-9-16-6-7-17(12)24-16/h1-5,8,11-12,16-17H,6-7,9-10H2,(H,22,23). The number of carbonyl (C=O) groups excluding carboxylic acids is 1. The average molecular weight is 359 g/mol. The van der Waals surface area contributed by atoms with E-state index in [1.54, 1.807) is 42.6 Å². The van der Waals surface area contributed by atoms with Gasteiger partial charge in [-0.2, -0.15) is 0 Å². The minimum absolute atomic E-state index is 0.00863. The van der Waals surface area contributed by atoms with E-state index in [-0.39, 0.29) is 12.0 Å². The predicted octanol–water partition coefficient (Wildman–Crippen LogP) is 4.42. The second-order valence-electron chi connectivity index (χ2n) is 6.56. The van der Waals surface area contributed by atoms with E-state index in [4.69, 9.17) is 21.1 Å². The molecular weight excluding hydrogens is 340 g/mol. The van der Waals surface area contributed by atoms with E-state index in [1.807, 2.05) is 0 Å². The van der Waals surface area contributed by atoms with Crippen LogP contribution in [0.25, 0.3) is 0 Å². The van der Waals surface area contributed by atoms with Crippen molar-refractivity contribution < 1.29 is 14.3 Å². The van der Waals surface area contributed by atoms with Gasteiger partial charge < -0.3 is 14.8 Å². The van der Waals surface area contributed by atoms with E-state index >= 15 is 0 Å². The molecule has 3 heterocycles. The first-order valence-electron chi connectivity index (χ1n) is 8.50. The lowest BCUT2D eigenvalue weighted by molar-refractivity contribution is -0.117. The highest BCUT2D eigenvalue weighted by Crippen LogP contribution is 2.40. The highest BCUT2D eigenvalue weighted by Gasteiger charge is 2.41. The van der Waals surface area contributed by atoms with Crippen molar-refractivity contribution in [1.82, 2.24) is 4.98 Å². The first-order chi connectivity index (χ1) is 12.2. The van der Waals surface area contributed by atoms with Gasteiger partial charge in [0.1, 0.15) is 5.75 Å². The second-order valence-corrected chi connectivity index (χ2v) is 7.00. The molecule has 130 valence electrons. The van der Waals surface area contributed by atoms with Crippen LogP contribution in [-0.2, 0) is 9.53 Å². The maximum atomic E-state index is 12.2. The molecule has 2 aliphatic rings. The summed E-state index contributed by atoms with van der Waals surface area (Å²) in [6.07, 6.45) is 5.97. The molecule has 2 bridgehead atoms. The van der Waals surface area contributed by atoms with Gasteiger partial charge in [0.25, 0.3) is 0 Å². The van der Waals surface area contributed by atoms with Crippen LogP contribution in [0.2, 0.25) is 5.02 Å². The Morgan fingerprint density at radius 2 is 2.08 bits per heavy atom. The molecular formula is C19H19ClN2O3. The van der Waals surface area contributed by atoms with Crippen molar-refractivity contribution in [3.8, 4) is 11.6 Å². The third-order valence-electron chi connectivity index (χ3n) is 4.74. The Labute approximate surface area is 151 Å². The number of benzene rings is 1. The first kappa shape index (κ1) is 16.4. The van der Waals surface area contributed by atoms with Crippen LogP contribution in [0.4, 0.5) is 5.69 Å². The smallest absolute Gasteiger partial charge is 0.224 e. The Bertz CT molecular complexity index is 748. The summed E-state index contributed by atoms with van der Waals surface area (Å²) >= 11 is 5.85. The summed E-state index contributed by atoms with van der Waals surface area (Å²) < 4.78 is 11.4. The molecule has 2 saturated heterocycles.